The predicted octanol–water partition coefficient (Wildman–Crippen LogP) is 1.18. The highest BCUT2D eigenvalue weighted by Gasteiger charge is 2.23. The number of sulfonamides is 1. The van der Waals surface area contributed by atoms with E-state index in [1.807, 2.05) is 12.3 Å². The first kappa shape index (κ1) is 17.5. The van der Waals surface area contributed by atoms with E-state index in [0.717, 1.165) is 0 Å². The van der Waals surface area contributed by atoms with Crippen molar-refractivity contribution in [3.8, 4) is 6.07 Å². The van der Waals surface area contributed by atoms with Crippen molar-refractivity contribution >= 4 is 27.8 Å². The minimum atomic E-state index is -3.75. The smallest absolute Gasteiger partial charge is 0.321 e. The van der Waals surface area contributed by atoms with Gasteiger partial charge < -0.3 is 5.11 Å². The van der Waals surface area contributed by atoms with Crippen molar-refractivity contribution in [1.29, 1.82) is 5.26 Å². The summed E-state index contributed by atoms with van der Waals surface area (Å²) in [6.45, 7) is 0. The molecule has 0 aromatic heterocycles. The van der Waals surface area contributed by atoms with Gasteiger partial charge in [0.05, 0.1) is 17.4 Å². The topological polar surface area (TPSA) is 107 Å². The van der Waals surface area contributed by atoms with Crippen LogP contribution in [0.15, 0.2) is 24.3 Å². The Morgan fingerprint density at radius 1 is 1.43 bits per heavy atom. The Morgan fingerprint density at radius 3 is 2.52 bits per heavy atom. The van der Waals surface area contributed by atoms with E-state index < -0.39 is 22.0 Å². The van der Waals surface area contributed by atoms with E-state index in [9.17, 15) is 13.2 Å². The van der Waals surface area contributed by atoms with Gasteiger partial charge in [-0.25, -0.2) is 13.1 Å². The van der Waals surface area contributed by atoms with Gasteiger partial charge in [0, 0.05) is 0 Å². The van der Waals surface area contributed by atoms with Crippen LogP contribution in [-0.2, 0) is 20.6 Å². The third-order valence-corrected chi connectivity index (χ3v) is 4.67. The minimum Gasteiger partial charge on any atom is -0.480 e. The van der Waals surface area contributed by atoms with Crippen molar-refractivity contribution in [2.24, 2.45) is 0 Å². The number of aliphatic carboxylic acids is 1. The molecule has 1 unspecified atom stereocenters. The molecule has 0 aliphatic rings. The van der Waals surface area contributed by atoms with E-state index >= 15 is 0 Å². The molecule has 6 nitrogen and oxygen atoms in total. The lowest BCUT2D eigenvalue weighted by Crippen LogP contribution is -2.41. The summed E-state index contributed by atoms with van der Waals surface area (Å²) < 4.78 is 26.2. The predicted molar refractivity (Wildman–Crippen MR) is 81.3 cm³/mol. The molecule has 0 aliphatic heterocycles. The molecule has 2 N–H and O–H groups in total. The highest BCUT2D eigenvalue weighted by Crippen LogP contribution is 2.09. The molecule has 0 bridgehead atoms. The molecule has 1 atom stereocenters. The Hall–Kier alpha value is -1.56. The summed E-state index contributed by atoms with van der Waals surface area (Å²) in [7, 11) is -3.75. The Balaban J connectivity index is 2.75. The van der Waals surface area contributed by atoms with Crippen LogP contribution in [0.25, 0.3) is 0 Å². The van der Waals surface area contributed by atoms with Gasteiger partial charge in [0.1, 0.15) is 6.04 Å². The second kappa shape index (κ2) is 8.02. The van der Waals surface area contributed by atoms with E-state index in [1.165, 1.54) is 36.0 Å². The summed E-state index contributed by atoms with van der Waals surface area (Å²) >= 11 is 1.45. The number of nitriles is 1. The van der Waals surface area contributed by atoms with E-state index in [1.54, 1.807) is 0 Å². The molecule has 0 spiro atoms. The largest absolute Gasteiger partial charge is 0.480 e. The van der Waals surface area contributed by atoms with Crippen molar-refractivity contribution < 1.29 is 18.3 Å². The zero-order valence-corrected chi connectivity index (χ0v) is 13.1. The van der Waals surface area contributed by atoms with Crippen LogP contribution in [0.1, 0.15) is 17.5 Å². The molecule has 21 heavy (non-hydrogen) atoms. The van der Waals surface area contributed by atoms with Crippen LogP contribution in [0.4, 0.5) is 0 Å². The van der Waals surface area contributed by atoms with Crippen LogP contribution in [0.3, 0.4) is 0 Å². The number of benzene rings is 1. The van der Waals surface area contributed by atoms with Gasteiger partial charge in [0.15, 0.2) is 0 Å². The maximum absolute atomic E-state index is 12.0. The zero-order chi connectivity index (χ0) is 15.9. The molecular formula is C13H16N2O4S2. The van der Waals surface area contributed by atoms with Gasteiger partial charge in [0.2, 0.25) is 10.0 Å². The average molecular weight is 328 g/mol. The highest BCUT2D eigenvalue weighted by atomic mass is 32.2. The van der Waals surface area contributed by atoms with Crippen LogP contribution in [0.2, 0.25) is 0 Å². The quantitative estimate of drug-likeness (QED) is 0.742. The number of carbonyl (C=O) groups is 1. The Labute approximate surface area is 128 Å². The average Bonchev–Trinajstić information content (AvgIpc) is 2.43. The zero-order valence-electron chi connectivity index (χ0n) is 11.4. The van der Waals surface area contributed by atoms with Gasteiger partial charge in [-0.2, -0.15) is 17.0 Å². The summed E-state index contributed by atoms with van der Waals surface area (Å²) in [4.78, 5) is 11.0. The molecular weight excluding hydrogens is 312 g/mol. The van der Waals surface area contributed by atoms with Gasteiger partial charge >= 0.3 is 5.97 Å². The van der Waals surface area contributed by atoms with Crippen molar-refractivity contribution in [2.75, 3.05) is 12.0 Å². The maximum atomic E-state index is 12.0. The fourth-order valence-corrected chi connectivity index (χ4v) is 3.46. The monoisotopic (exact) mass is 328 g/mol. The fraction of sp³-hybridized carbons (Fsp3) is 0.385. The Morgan fingerprint density at radius 2 is 2.05 bits per heavy atom. The Kier molecular flexibility index (Phi) is 6.68. The summed E-state index contributed by atoms with van der Waals surface area (Å²) in [6.07, 6.45) is 2.05. The molecule has 0 saturated carbocycles. The molecule has 0 fully saturated rings. The summed E-state index contributed by atoms with van der Waals surface area (Å²) in [5.74, 6) is -0.953. The standard InChI is InChI=1S/C13H16N2O4S2/c1-20-7-6-12(13(16)17)15-21(18,19)9-11-4-2-10(8-14)3-5-11/h2-5,12,15H,6-7,9H2,1H3,(H,16,17). The molecule has 0 aliphatic carbocycles. The minimum absolute atomic E-state index is 0.225. The summed E-state index contributed by atoms with van der Waals surface area (Å²) in [5.41, 5.74) is 0.933. The van der Waals surface area contributed by atoms with Crippen LogP contribution in [0.5, 0.6) is 0 Å². The van der Waals surface area contributed by atoms with Gasteiger partial charge in [0.25, 0.3) is 0 Å². The molecule has 8 heteroatoms. The Bertz CT molecular complexity index is 621. The molecule has 114 valence electrons. The third kappa shape index (κ3) is 6.16. The summed E-state index contributed by atoms with van der Waals surface area (Å²) in [5, 5.41) is 17.7. The SMILES string of the molecule is CSCCC(NS(=O)(=O)Cc1ccc(C#N)cc1)C(=O)O. The number of nitrogens with zero attached hydrogens (tertiary/aromatic N) is 1. The lowest BCUT2D eigenvalue weighted by atomic mass is 10.2. The molecule has 1 rings (SSSR count). The van der Waals surface area contributed by atoms with Crippen LogP contribution < -0.4 is 4.72 Å². The first-order valence-corrected chi connectivity index (χ1v) is 9.13. The van der Waals surface area contributed by atoms with E-state index in [4.69, 9.17) is 10.4 Å². The second-order valence-corrected chi connectivity index (χ2v) is 7.10. The first-order chi connectivity index (χ1) is 9.88. The number of hydrogen-bond donors (Lipinski definition) is 2. The highest BCUT2D eigenvalue weighted by molar-refractivity contribution is 7.98. The number of hydrogen-bond acceptors (Lipinski definition) is 5. The van der Waals surface area contributed by atoms with Crippen LogP contribution in [-0.4, -0.2) is 37.5 Å². The van der Waals surface area contributed by atoms with Gasteiger partial charge in [-0.3, -0.25) is 4.79 Å². The van der Waals surface area contributed by atoms with Crippen molar-refractivity contribution in [3.05, 3.63) is 35.4 Å². The van der Waals surface area contributed by atoms with Crippen molar-refractivity contribution in [1.82, 2.24) is 4.72 Å². The molecule has 0 radical (unpaired) electrons. The van der Waals surface area contributed by atoms with Gasteiger partial charge in [-0.1, -0.05) is 12.1 Å². The lowest BCUT2D eigenvalue weighted by molar-refractivity contribution is -0.139. The van der Waals surface area contributed by atoms with E-state index in [-0.39, 0.29) is 12.2 Å². The normalized spacial score (nSPS) is 12.6. The number of carboxylic acids is 1. The van der Waals surface area contributed by atoms with Crippen molar-refractivity contribution in [2.45, 2.75) is 18.2 Å². The number of thioether (sulfide) groups is 1. The number of rotatable bonds is 8. The van der Waals surface area contributed by atoms with E-state index in [2.05, 4.69) is 4.72 Å². The fourth-order valence-electron chi connectivity index (χ4n) is 1.62. The number of carboxylic acid groups (broad SMARTS) is 1. The second-order valence-electron chi connectivity index (χ2n) is 4.36. The molecule has 0 heterocycles. The maximum Gasteiger partial charge on any atom is 0.321 e. The molecule has 1 aromatic carbocycles. The summed E-state index contributed by atoms with van der Waals surface area (Å²) in [6, 6.07) is 6.93. The van der Waals surface area contributed by atoms with Crippen LogP contribution >= 0.6 is 11.8 Å². The molecule has 0 saturated heterocycles. The van der Waals surface area contributed by atoms with Gasteiger partial charge in [-0.15, -0.1) is 0 Å². The van der Waals surface area contributed by atoms with E-state index in [0.29, 0.717) is 16.9 Å². The number of nitrogens with one attached hydrogen (secondary N) is 1. The third-order valence-electron chi connectivity index (χ3n) is 2.67. The first-order valence-electron chi connectivity index (χ1n) is 6.08. The lowest BCUT2D eigenvalue weighted by Gasteiger charge is -2.14. The molecule has 0 amide bonds. The van der Waals surface area contributed by atoms with Crippen molar-refractivity contribution in [3.63, 3.8) is 0 Å². The van der Waals surface area contributed by atoms with Gasteiger partial charge in [-0.05, 0) is 36.1 Å². The molecule has 1 aromatic rings. The van der Waals surface area contributed by atoms with Crippen LogP contribution in [0, 0.1) is 11.3 Å².